The molecule has 0 spiro atoms. The van der Waals surface area contributed by atoms with Crippen LogP contribution in [0.1, 0.15) is 34.1 Å². The third-order valence-corrected chi connectivity index (χ3v) is 4.68. The maximum Gasteiger partial charge on any atom is 0.186 e. The van der Waals surface area contributed by atoms with Crippen LogP contribution in [0.3, 0.4) is 0 Å². The van der Waals surface area contributed by atoms with E-state index in [1.165, 1.54) is 16.2 Å². The molecule has 0 radical (unpaired) electrons. The number of hydrogen-bond acceptors (Lipinski definition) is 5. The summed E-state index contributed by atoms with van der Waals surface area (Å²) in [6.07, 6.45) is 0.889. The van der Waals surface area contributed by atoms with Gasteiger partial charge in [0.15, 0.2) is 11.4 Å². The number of aromatic nitrogens is 1. The topological polar surface area (TPSA) is 33.2 Å². The van der Waals surface area contributed by atoms with Crippen molar-refractivity contribution in [3.8, 4) is 0 Å². The summed E-state index contributed by atoms with van der Waals surface area (Å²) < 4.78 is 0. The highest BCUT2D eigenvalue weighted by molar-refractivity contribution is 7.17. The molecule has 0 bridgehead atoms. The minimum absolute atomic E-state index is 0.358. The molecule has 0 aliphatic rings. The summed E-state index contributed by atoms with van der Waals surface area (Å²) in [7, 11) is 0. The number of thiophene rings is 1. The molecule has 5 heteroatoms. The van der Waals surface area contributed by atoms with Crippen molar-refractivity contribution < 1.29 is 4.79 Å². The van der Waals surface area contributed by atoms with Crippen LogP contribution in [0, 0.1) is 6.92 Å². The van der Waals surface area contributed by atoms with Crippen molar-refractivity contribution in [2.75, 3.05) is 4.90 Å². The third-order valence-electron chi connectivity index (χ3n) is 2.70. The van der Waals surface area contributed by atoms with Crippen LogP contribution in [0.25, 0.3) is 0 Å². The Morgan fingerprint density at radius 1 is 1.50 bits per heavy atom. The van der Waals surface area contributed by atoms with Gasteiger partial charge in [-0.25, -0.2) is 4.98 Å². The van der Waals surface area contributed by atoms with Gasteiger partial charge in [0.05, 0.1) is 17.1 Å². The zero-order chi connectivity index (χ0) is 13.1. The fourth-order valence-electron chi connectivity index (χ4n) is 1.67. The van der Waals surface area contributed by atoms with E-state index in [1.54, 1.807) is 11.3 Å². The van der Waals surface area contributed by atoms with E-state index in [0.717, 1.165) is 28.5 Å². The Hall–Kier alpha value is -1.20. The Morgan fingerprint density at radius 2 is 2.28 bits per heavy atom. The van der Waals surface area contributed by atoms with E-state index < -0.39 is 0 Å². The second-order valence-corrected chi connectivity index (χ2v) is 6.41. The highest BCUT2D eigenvalue weighted by Crippen LogP contribution is 2.28. The van der Waals surface area contributed by atoms with Crippen LogP contribution in [0.15, 0.2) is 17.5 Å². The first kappa shape index (κ1) is 13.2. The number of aldehydes is 1. The van der Waals surface area contributed by atoms with Crippen LogP contribution in [-0.4, -0.2) is 17.3 Å². The molecule has 0 aromatic carbocycles. The van der Waals surface area contributed by atoms with Crippen molar-refractivity contribution in [2.45, 2.75) is 33.4 Å². The largest absolute Gasteiger partial charge is 0.341 e. The minimum atomic E-state index is 0.358. The van der Waals surface area contributed by atoms with E-state index >= 15 is 0 Å². The summed E-state index contributed by atoms with van der Waals surface area (Å²) in [6, 6.07) is 4.54. The lowest BCUT2D eigenvalue weighted by Crippen LogP contribution is -2.29. The lowest BCUT2D eigenvalue weighted by Gasteiger charge is -2.25. The van der Waals surface area contributed by atoms with Crippen LogP contribution in [0.4, 0.5) is 5.13 Å². The van der Waals surface area contributed by atoms with E-state index in [0.29, 0.717) is 6.04 Å². The number of hydrogen-bond donors (Lipinski definition) is 0. The Morgan fingerprint density at radius 3 is 2.78 bits per heavy atom. The van der Waals surface area contributed by atoms with E-state index in [1.807, 2.05) is 6.92 Å². The van der Waals surface area contributed by atoms with Crippen molar-refractivity contribution in [1.29, 1.82) is 0 Å². The Bertz CT molecular complexity index is 517. The van der Waals surface area contributed by atoms with Gasteiger partial charge in [-0.2, -0.15) is 0 Å². The Kier molecular flexibility index (Phi) is 4.14. The highest BCUT2D eigenvalue weighted by atomic mass is 32.1. The molecule has 0 saturated carbocycles. The van der Waals surface area contributed by atoms with Crippen LogP contribution in [0.2, 0.25) is 0 Å². The number of nitrogens with zero attached hydrogens (tertiary/aromatic N) is 2. The van der Waals surface area contributed by atoms with E-state index in [2.05, 4.69) is 41.2 Å². The SMILES string of the molecule is Cc1nc(N(Cc2cccs2)C(C)C)sc1C=O. The van der Waals surface area contributed by atoms with Crippen molar-refractivity contribution >= 4 is 34.1 Å². The van der Waals surface area contributed by atoms with Crippen LogP contribution in [0.5, 0.6) is 0 Å². The predicted octanol–water partition coefficient (Wildman–Crippen LogP) is 3.74. The van der Waals surface area contributed by atoms with Gasteiger partial charge in [0, 0.05) is 10.9 Å². The first-order valence-electron chi connectivity index (χ1n) is 5.83. The second kappa shape index (κ2) is 5.63. The molecule has 2 heterocycles. The zero-order valence-electron chi connectivity index (χ0n) is 10.7. The molecular formula is C13H16N2OS2. The van der Waals surface area contributed by atoms with Gasteiger partial charge >= 0.3 is 0 Å². The molecule has 2 aromatic rings. The molecule has 96 valence electrons. The summed E-state index contributed by atoms with van der Waals surface area (Å²) in [4.78, 5) is 19.7. The van der Waals surface area contributed by atoms with Gasteiger partial charge in [-0.15, -0.1) is 11.3 Å². The lowest BCUT2D eigenvalue weighted by atomic mass is 10.3. The fraction of sp³-hybridized carbons (Fsp3) is 0.385. The zero-order valence-corrected chi connectivity index (χ0v) is 12.3. The van der Waals surface area contributed by atoms with Crippen molar-refractivity contribution in [3.05, 3.63) is 33.0 Å². The molecule has 3 nitrogen and oxygen atoms in total. The van der Waals surface area contributed by atoms with Crippen molar-refractivity contribution in [1.82, 2.24) is 4.98 Å². The molecule has 0 aliphatic carbocycles. The quantitative estimate of drug-likeness (QED) is 0.782. The van der Waals surface area contributed by atoms with Gasteiger partial charge in [-0.05, 0) is 32.2 Å². The summed E-state index contributed by atoms with van der Waals surface area (Å²) in [6.45, 7) is 7.02. The molecule has 0 N–H and O–H groups in total. The summed E-state index contributed by atoms with van der Waals surface area (Å²) in [5.74, 6) is 0. The number of thiazole rings is 1. The predicted molar refractivity (Wildman–Crippen MR) is 77.9 cm³/mol. The smallest absolute Gasteiger partial charge is 0.186 e. The van der Waals surface area contributed by atoms with Crippen LogP contribution >= 0.6 is 22.7 Å². The van der Waals surface area contributed by atoms with E-state index in [-0.39, 0.29) is 0 Å². The number of carbonyl (C=O) groups is 1. The van der Waals surface area contributed by atoms with Gasteiger partial charge in [0.1, 0.15) is 0 Å². The van der Waals surface area contributed by atoms with Gasteiger partial charge in [-0.1, -0.05) is 17.4 Å². The van der Waals surface area contributed by atoms with Crippen molar-refractivity contribution in [2.24, 2.45) is 0 Å². The number of rotatable bonds is 5. The molecule has 0 saturated heterocycles. The van der Waals surface area contributed by atoms with E-state index in [4.69, 9.17) is 0 Å². The molecule has 0 fully saturated rings. The standard InChI is InChI=1S/C13H16N2OS2/c1-9(2)15(7-11-5-4-6-17-11)13-14-10(3)12(8-16)18-13/h4-6,8-9H,7H2,1-3H3. The molecule has 0 aliphatic heterocycles. The fourth-order valence-corrected chi connectivity index (χ4v) is 3.38. The minimum Gasteiger partial charge on any atom is -0.341 e. The molecule has 0 atom stereocenters. The molecular weight excluding hydrogens is 264 g/mol. The van der Waals surface area contributed by atoms with Gasteiger partial charge in [0.2, 0.25) is 0 Å². The van der Waals surface area contributed by atoms with Gasteiger partial charge in [0.25, 0.3) is 0 Å². The normalized spacial score (nSPS) is 10.9. The molecule has 0 unspecified atom stereocenters. The average Bonchev–Trinajstić information content (AvgIpc) is 2.94. The molecule has 2 rings (SSSR count). The third kappa shape index (κ3) is 2.79. The average molecular weight is 280 g/mol. The summed E-state index contributed by atoms with van der Waals surface area (Å²) >= 11 is 3.21. The maximum absolute atomic E-state index is 10.9. The van der Waals surface area contributed by atoms with Crippen molar-refractivity contribution in [3.63, 3.8) is 0 Å². The van der Waals surface area contributed by atoms with Crippen LogP contribution < -0.4 is 4.90 Å². The number of carbonyl (C=O) groups excluding carboxylic acids is 1. The lowest BCUT2D eigenvalue weighted by molar-refractivity contribution is 0.112. The number of anilines is 1. The number of aryl methyl sites for hydroxylation is 1. The van der Waals surface area contributed by atoms with Gasteiger partial charge in [-0.3, -0.25) is 4.79 Å². The van der Waals surface area contributed by atoms with E-state index in [9.17, 15) is 4.79 Å². The van der Waals surface area contributed by atoms with Gasteiger partial charge < -0.3 is 4.90 Å². The maximum atomic E-state index is 10.9. The summed E-state index contributed by atoms with van der Waals surface area (Å²) in [5.41, 5.74) is 0.821. The highest BCUT2D eigenvalue weighted by Gasteiger charge is 2.17. The first-order chi connectivity index (χ1) is 8.61. The Labute approximate surface area is 115 Å². The molecule has 2 aromatic heterocycles. The molecule has 0 amide bonds. The monoisotopic (exact) mass is 280 g/mol. The van der Waals surface area contributed by atoms with Crippen LogP contribution in [-0.2, 0) is 6.54 Å². The Balaban J connectivity index is 2.26. The summed E-state index contributed by atoms with van der Waals surface area (Å²) in [5, 5.41) is 3.01. The first-order valence-corrected chi connectivity index (χ1v) is 7.53. The molecule has 18 heavy (non-hydrogen) atoms. The second-order valence-electron chi connectivity index (χ2n) is 4.36.